The molecule has 0 aliphatic rings. The first kappa shape index (κ1) is 20.6. The molecule has 0 aliphatic carbocycles. The van der Waals surface area contributed by atoms with Gasteiger partial charge in [0.2, 0.25) is 11.8 Å². The van der Waals surface area contributed by atoms with E-state index in [1.165, 1.54) is 16.7 Å². The molecule has 0 saturated heterocycles. The summed E-state index contributed by atoms with van der Waals surface area (Å²) in [6, 6.07) is 19.6. The van der Waals surface area contributed by atoms with Crippen LogP contribution in [0.2, 0.25) is 0 Å². The van der Waals surface area contributed by atoms with Gasteiger partial charge in [-0.2, -0.15) is 0 Å². The van der Waals surface area contributed by atoms with Gasteiger partial charge in [0.1, 0.15) is 0 Å². The molecule has 2 aromatic carbocycles. The molecule has 2 amide bonds. The standard InChI is InChI=1S/C21H23N5O2S/c1-25(2)19(28)13-14-22-18(27)15-29-21-24-23-20(16-9-5-3-6-10-16)26(21)17-11-7-4-8-12-17/h3-12H,13-15H2,1-2H3,(H,22,27). The van der Waals surface area contributed by atoms with Crippen molar-refractivity contribution in [2.24, 2.45) is 0 Å². The van der Waals surface area contributed by atoms with Gasteiger partial charge in [-0.15, -0.1) is 10.2 Å². The number of nitrogens with zero attached hydrogens (tertiary/aromatic N) is 4. The van der Waals surface area contributed by atoms with Crippen LogP contribution >= 0.6 is 11.8 Å². The summed E-state index contributed by atoms with van der Waals surface area (Å²) in [5, 5.41) is 12.1. The number of carbonyl (C=O) groups excluding carboxylic acids is 2. The molecule has 0 spiro atoms. The molecular formula is C21H23N5O2S. The molecule has 1 heterocycles. The second-order valence-electron chi connectivity index (χ2n) is 6.52. The fourth-order valence-electron chi connectivity index (χ4n) is 2.66. The quantitative estimate of drug-likeness (QED) is 0.579. The molecule has 29 heavy (non-hydrogen) atoms. The van der Waals surface area contributed by atoms with Crippen LogP contribution in [0.15, 0.2) is 65.8 Å². The van der Waals surface area contributed by atoms with Gasteiger partial charge in [0.05, 0.1) is 5.75 Å². The first-order valence-electron chi connectivity index (χ1n) is 9.22. The lowest BCUT2D eigenvalue weighted by atomic mass is 10.2. The third kappa shape index (κ3) is 5.45. The van der Waals surface area contributed by atoms with E-state index in [2.05, 4.69) is 15.5 Å². The molecule has 8 heteroatoms. The van der Waals surface area contributed by atoms with Crippen molar-refractivity contribution in [3.05, 3.63) is 60.7 Å². The summed E-state index contributed by atoms with van der Waals surface area (Å²) in [4.78, 5) is 25.3. The van der Waals surface area contributed by atoms with E-state index in [4.69, 9.17) is 0 Å². The van der Waals surface area contributed by atoms with E-state index >= 15 is 0 Å². The SMILES string of the molecule is CN(C)C(=O)CCNC(=O)CSc1nnc(-c2ccccc2)n1-c1ccccc1. The van der Waals surface area contributed by atoms with Crippen LogP contribution in [0.5, 0.6) is 0 Å². The molecule has 1 N–H and O–H groups in total. The highest BCUT2D eigenvalue weighted by Crippen LogP contribution is 2.27. The summed E-state index contributed by atoms with van der Waals surface area (Å²) < 4.78 is 1.95. The molecule has 3 aromatic rings. The van der Waals surface area contributed by atoms with E-state index < -0.39 is 0 Å². The highest BCUT2D eigenvalue weighted by Gasteiger charge is 2.17. The third-order valence-corrected chi connectivity index (χ3v) is 5.10. The Labute approximate surface area is 174 Å². The van der Waals surface area contributed by atoms with Crippen LogP contribution in [-0.2, 0) is 9.59 Å². The van der Waals surface area contributed by atoms with Gasteiger partial charge in [-0.3, -0.25) is 14.2 Å². The van der Waals surface area contributed by atoms with Gasteiger partial charge in [-0.1, -0.05) is 60.3 Å². The Morgan fingerprint density at radius 1 is 1.00 bits per heavy atom. The number of aromatic nitrogens is 3. The third-order valence-electron chi connectivity index (χ3n) is 4.17. The number of carbonyl (C=O) groups is 2. The molecule has 1 aromatic heterocycles. The Balaban J connectivity index is 1.72. The van der Waals surface area contributed by atoms with E-state index in [1.54, 1.807) is 14.1 Å². The Bertz CT molecular complexity index is 958. The molecule has 0 saturated carbocycles. The molecule has 0 bridgehead atoms. The first-order valence-corrected chi connectivity index (χ1v) is 10.2. The number of hydrogen-bond acceptors (Lipinski definition) is 5. The highest BCUT2D eigenvalue weighted by molar-refractivity contribution is 7.99. The molecule has 0 aliphatic heterocycles. The molecule has 0 fully saturated rings. The maximum absolute atomic E-state index is 12.2. The van der Waals surface area contributed by atoms with Crippen LogP contribution in [0.25, 0.3) is 17.1 Å². The average molecular weight is 410 g/mol. The van der Waals surface area contributed by atoms with Crippen LogP contribution < -0.4 is 5.32 Å². The van der Waals surface area contributed by atoms with E-state index in [1.807, 2.05) is 65.2 Å². The van der Waals surface area contributed by atoms with Crippen LogP contribution in [0.4, 0.5) is 0 Å². The van der Waals surface area contributed by atoms with Crippen LogP contribution in [0.3, 0.4) is 0 Å². The zero-order chi connectivity index (χ0) is 20.6. The molecule has 0 atom stereocenters. The fourth-order valence-corrected chi connectivity index (χ4v) is 3.44. The number of amides is 2. The second-order valence-corrected chi connectivity index (χ2v) is 7.46. The first-order chi connectivity index (χ1) is 14.1. The lowest BCUT2D eigenvalue weighted by Gasteiger charge is -2.11. The lowest BCUT2D eigenvalue weighted by Crippen LogP contribution is -2.31. The van der Waals surface area contributed by atoms with Gasteiger partial charge in [0, 0.05) is 38.3 Å². The van der Waals surface area contributed by atoms with Crippen LogP contribution in [0, 0.1) is 0 Å². The molecule has 150 valence electrons. The van der Waals surface area contributed by atoms with E-state index in [0.29, 0.717) is 11.7 Å². The van der Waals surface area contributed by atoms with Gasteiger partial charge in [-0.05, 0) is 12.1 Å². The van der Waals surface area contributed by atoms with Crippen LogP contribution in [0.1, 0.15) is 6.42 Å². The Kier molecular flexibility index (Phi) is 7.02. The second kappa shape index (κ2) is 9.88. The maximum atomic E-state index is 12.2. The minimum Gasteiger partial charge on any atom is -0.355 e. The molecular weight excluding hydrogens is 386 g/mol. The van der Waals surface area contributed by atoms with Gasteiger partial charge < -0.3 is 10.2 Å². The van der Waals surface area contributed by atoms with E-state index in [0.717, 1.165) is 17.1 Å². The van der Waals surface area contributed by atoms with Crippen molar-refractivity contribution in [2.75, 3.05) is 26.4 Å². The summed E-state index contributed by atoms with van der Waals surface area (Å²) in [7, 11) is 3.39. The van der Waals surface area contributed by atoms with Crippen molar-refractivity contribution in [1.82, 2.24) is 25.0 Å². The largest absolute Gasteiger partial charge is 0.355 e. The van der Waals surface area contributed by atoms with Crippen molar-refractivity contribution in [3.63, 3.8) is 0 Å². The minimum atomic E-state index is -0.148. The zero-order valence-corrected chi connectivity index (χ0v) is 17.2. The van der Waals surface area contributed by atoms with Gasteiger partial charge in [-0.25, -0.2) is 0 Å². The minimum absolute atomic E-state index is 0.0192. The number of para-hydroxylation sites is 1. The fraction of sp³-hybridized carbons (Fsp3) is 0.238. The topological polar surface area (TPSA) is 80.1 Å². The van der Waals surface area contributed by atoms with E-state index in [9.17, 15) is 9.59 Å². The molecule has 0 radical (unpaired) electrons. The van der Waals surface area contributed by atoms with Crippen molar-refractivity contribution in [1.29, 1.82) is 0 Å². The normalized spacial score (nSPS) is 10.6. The summed E-state index contributed by atoms with van der Waals surface area (Å²) in [6.07, 6.45) is 0.280. The molecule has 0 unspecified atom stereocenters. The molecule has 7 nitrogen and oxygen atoms in total. The monoisotopic (exact) mass is 409 g/mol. The van der Waals surface area contributed by atoms with Gasteiger partial charge in [0.15, 0.2) is 11.0 Å². The predicted molar refractivity (Wildman–Crippen MR) is 114 cm³/mol. The number of rotatable bonds is 8. The predicted octanol–water partition coefficient (Wildman–Crippen LogP) is 2.62. The Hall–Kier alpha value is -3.13. The van der Waals surface area contributed by atoms with Crippen molar-refractivity contribution in [3.8, 4) is 17.1 Å². The summed E-state index contributed by atoms with van der Waals surface area (Å²) in [5.41, 5.74) is 1.87. The Morgan fingerprint density at radius 2 is 1.66 bits per heavy atom. The van der Waals surface area contributed by atoms with Gasteiger partial charge in [0.25, 0.3) is 0 Å². The number of benzene rings is 2. The zero-order valence-electron chi connectivity index (χ0n) is 16.4. The van der Waals surface area contributed by atoms with Crippen LogP contribution in [-0.4, -0.2) is 57.9 Å². The summed E-state index contributed by atoms with van der Waals surface area (Å²) >= 11 is 1.31. The smallest absolute Gasteiger partial charge is 0.230 e. The van der Waals surface area contributed by atoms with Crippen molar-refractivity contribution < 1.29 is 9.59 Å². The molecule has 3 rings (SSSR count). The van der Waals surface area contributed by atoms with Crippen molar-refractivity contribution >= 4 is 23.6 Å². The number of hydrogen-bond donors (Lipinski definition) is 1. The Morgan fingerprint density at radius 3 is 2.31 bits per heavy atom. The number of nitrogens with one attached hydrogen (secondary N) is 1. The highest BCUT2D eigenvalue weighted by atomic mass is 32.2. The van der Waals surface area contributed by atoms with Gasteiger partial charge >= 0.3 is 0 Å². The maximum Gasteiger partial charge on any atom is 0.230 e. The lowest BCUT2D eigenvalue weighted by molar-refractivity contribution is -0.128. The van der Waals surface area contributed by atoms with Crippen molar-refractivity contribution in [2.45, 2.75) is 11.6 Å². The number of thioether (sulfide) groups is 1. The average Bonchev–Trinajstić information content (AvgIpc) is 3.17. The summed E-state index contributed by atoms with van der Waals surface area (Å²) in [6.45, 7) is 0.317. The van der Waals surface area contributed by atoms with E-state index in [-0.39, 0.29) is 24.0 Å². The summed E-state index contributed by atoms with van der Waals surface area (Å²) in [5.74, 6) is 0.742.